The normalized spacial score (nSPS) is 17.0. The molecule has 1 aromatic heterocycles. The van der Waals surface area contributed by atoms with E-state index in [9.17, 15) is 4.79 Å². The summed E-state index contributed by atoms with van der Waals surface area (Å²) in [6, 6.07) is 10.0. The lowest BCUT2D eigenvalue weighted by molar-refractivity contribution is 0.0880. The van der Waals surface area contributed by atoms with E-state index in [0.29, 0.717) is 6.54 Å². The second-order valence-electron chi connectivity index (χ2n) is 5.40. The number of aromatic nitrogens is 1. The largest absolute Gasteiger partial charge is 0.304 e. The van der Waals surface area contributed by atoms with Crippen LogP contribution in [0, 0.1) is 0 Å². The van der Waals surface area contributed by atoms with E-state index in [1.165, 1.54) is 11.3 Å². The van der Waals surface area contributed by atoms with Crippen LogP contribution in [0.2, 0.25) is 0 Å². The van der Waals surface area contributed by atoms with Gasteiger partial charge in [0, 0.05) is 37.9 Å². The molecule has 2 heterocycles. The predicted octanol–water partition coefficient (Wildman–Crippen LogP) is 2.24. The van der Waals surface area contributed by atoms with Gasteiger partial charge in [-0.25, -0.2) is 4.98 Å². The Morgan fingerprint density at radius 3 is 2.62 bits per heavy atom. The lowest BCUT2D eigenvalue weighted by Crippen LogP contribution is -2.46. The molecule has 0 atom stereocenters. The van der Waals surface area contributed by atoms with Crippen molar-refractivity contribution in [2.75, 3.05) is 39.8 Å². The fourth-order valence-corrected chi connectivity index (χ4v) is 3.26. The van der Waals surface area contributed by atoms with Crippen LogP contribution in [0.25, 0.3) is 10.6 Å². The number of hydrogen-bond acceptors (Lipinski definition) is 5. The molecule has 1 aliphatic heterocycles. The summed E-state index contributed by atoms with van der Waals surface area (Å²) < 4.78 is 0. The molecule has 4 nitrogen and oxygen atoms in total. The molecule has 0 unspecified atom stereocenters. The summed E-state index contributed by atoms with van der Waals surface area (Å²) in [4.78, 5) is 22.0. The van der Waals surface area contributed by atoms with Crippen molar-refractivity contribution in [2.24, 2.45) is 0 Å². The van der Waals surface area contributed by atoms with Crippen LogP contribution < -0.4 is 0 Å². The fraction of sp³-hybridized carbons (Fsp3) is 0.375. The van der Waals surface area contributed by atoms with Crippen LogP contribution in [0.15, 0.2) is 36.5 Å². The average Bonchev–Trinajstić information content (AvgIpc) is 3.00. The van der Waals surface area contributed by atoms with Crippen molar-refractivity contribution >= 4 is 17.1 Å². The summed E-state index contributed by atoms with van der Waals surface area (Å²) in [5.41, 5.74) is 1.07. The van der Waals surface area contributed by atoms with Crippen LogP contribution in [-0.2, 0) is 0 Å². The quantitative estimate of drug-likeness (QED) is 0.812. The van der Waals surface area contributed by atoms with Gasteiger partial charge in [0.1, 0.15) is 5.01 Å². The molecule has 1 aliphatic rings. The summed E-state index contributed by atoms with van der Waals surface area (Å²) in [6.45, 7) is 4.50. The molecular weight excluding hydrogens is 282 g/mol. The zero-order valence-corrected chi connectivity index (χ0v) is 13.0. The number of benzene rings is 1. The first-order valence-electron chi connectivity index (χ1n) is 7.18. The van der Waals surface area contributed by atoms with Crippen LogP contribution >= 0.6 is 11.3 Å². The highest BCUT2D eigenvalue weighted by Gasteiger charge is 2.19. The van der Waals surface area contributed by atoms with E-state index < -0.39 is 0 Å². The topological polar surface area (TPSA) is 36.4 Å². The van der Waals surface area contributed by atoms with E-state index in [-0.39, 0.29) is 5.78 Å². The van der Waals surface area contributed by atoms with Gasteiger partial charge in [-0.05, 0) is 7.05 Å². The Morgan fingerprint density at radius 2 is 1.90 bits per heavy atom. The van der Waals surface area contributed by atoms with E-state index in [4.69, 9.17) is 0 Å². The molecule has 0 aliphatic carbocycles. The first-order chi connectivity index (χ1) is 10.2. The highest BCUT2D eigenvalue weighted by molar-refractivity contribution is 7.17. The van der Waals surface area contributed by atoms with Crippen molar-refractivity contribution in [1.29, 1.82) is 0 Å². The zero-order chi connectivity index (χ0) is 14.7. The first kappa shape index (κ1) is 14.4. The first-order valence-corrected chi connectivity index (χ1v) is 7.99. The van der Waals surface area contributed by atoms with Crippen LogP contribution in [0.1, 0.15) is 9.67 Å². The molecule has 2 aromatic rings. The molecular formula is C16H19N3OS. The van der Waals surface area contributed by atoms with E-state index >= 15 is 0 Å². The van der Waals surface area contributed by atoms with Gasteiger partial charge in [-0.3, -0.25) is 9.69 Å². The minimum Gasteiger partial charge on any atom is -0.304 e. The predicted molar refractivity (Wildman–Crippen MR) is 85.8 cm³/mol. The standard InChI is InChI=1S/C16H19N3OS/c1-18-7-9-19(10-8-18)12-14(20)15-11-17-16(21-15)13-5-3-2-4-6-13/h2-6,11H,7-10,12H2,1H3. The van der Waals surface area contributed by atoms with E-state index in [2.05, 4.69) is 21.8 Å². The van der Waals surface area contributed by atoms with Gasteiger partial charge in [-0.1, -0.05) is 30.3 Å². The third-order valence-electron chi connectivity index (χ3n) is 3.76. The third-order valence-corrected chi connectivity index (χ3v) is 4.85. The van der Waals surface area contributed by atoms with Crippen LogP contribution in [0.3, 0.4) is 0 Å². The molecule has 0 amide bonds. The van der Waals surface area contributed by atoms with Gasteiger partial charge in [0.05, 0.1) is 11.4 Å². The van der Waals surface area contributed by atoms with Crippen molar-refractivity contribution in [3.05, 3.63) is 41.4 Å². The van der Waals surface area contributed by atoms with Crippen LogP contribution in [0.5, 0.6) is 0 Å². The van der Waals surface area contributed by atoms with Gasteiger partial charge in [0.2, 0.25) is 0 Å². The van der Waals surface area contributed by atoms with Gasteiger partial charge in [0.15, 0.2) is 5.78 Å². The van der Waals surface area contributed by atoms with Gasteiger partial charge in [-0.2, -0.15) is 0 Å². The van der Waals surface area contributed by atoms with Crippen molar-refractivity contribution < 1.29 is 4.79 Å². The van der Waals surface area contributed by atoms with Crippen LogP contribution in [0.4, 0.5) is 0 Å². The van der Waals surface area contributed by atoms with E-state index in [0.717, 1.165) is 41.6 Å². The molecule has 0 bridgehead atoms. The molecule has 5 heteroatoms. The number of hydrogen-bond donors (Lipinski definition) is 0. The molecule has 0 spiro atoms. The number of carbonyl (C=O) groups is 1. The number of likely N-dealkylation sites (N-methyl/N-ethyl adjacent to an activating group) is 1. The van der Waals surface area contributed by atoms with E-state index in [1.54, 1.807) is 6.20 Å². The summed E-state index contributed by atoms with van der Waals surface area (Å²) in [5, 5.41) is 0.914. The van der Waals surface area contributed by atoms with Gasteiger partial charge >= 0.3 is 0 Å². The maximum absolute atomic E-state index is 12.4. The number of Topliss-reactive ketones (excluding diaryl/α,β-unsaturated/α-hetero) is 1. The Hall–Kier alpha value is -1.56. The molecule has 1 fully saturated rings. The monoisotopic (exact) mass is 301 g/mol. The minimum absolute atomic E-state index is 0.180. The second kappa shape index (κ2) is 6.47. The number of nitrogens with zero attached hydrogens (tertiary/aromatic N) is 3. The maximum Gasteiger partial charge on any atom is 0.188 e. The number of piperazine rings is 1. The van der Waals surface area contributed by atoms with Crippen molar-refractivity contribution in [2.45, 2.75) is 0 Å². The Labute approximate surface area is 129 Å². The molecule has 0 saturated carbocycles. The highest BCUT2D eigenvalue weighted by Crippen LogP contribution is 2.25. The molecule has 0 N–H and O–H groups in total. The van der Waals surface area contributed by atoms with E-state index in [1.807, 2.05) is 30.3 Å². The zero-order valence-electron chi connectivity index (χ0n) is 12.2. The van der Waals surface area contributed by atoms with Gasteiger partial charge < -0.3 is 4.90 Å². The maximum atomic E-state index is 12.4. The summed E-state index contributed by atoms with van der Waals surface area (Å²) in [5.74, 6) is 0.180. The smallest absolute Gasteiger partial charge is 0.188 e. The summed E-state index contributed by atoms with van der Waals surface area (Å²) in [6.07, 6.45) is 1.71. The summed E-state index contributed by atoms with van der Waals surface area (Å²) >= 11 is 1.49. The lowest BCUT2D eigenvalue weighted by Gasteiger charge is -2.31. The number of ketones is 1. The minimum atomic E-state index is 0.180. The van der Waals surface area contributed by atoms with Crippen molar-refractivity contribution in [1.82, 2.24) is 14.8 Å². The van der Waals surface area contributed by atoms with Gasteiger partial charge in [-0.15, -0.1) is 11.3 Å². The number of carbonyl (C=O) groups excluding carboxylic acids is 1. The Bertz CT molecular complexity index is 603. The number of rotatable bonds is 4. The van der Waals surface area contributed by atoms with Gasteiger partial charge in [0.25, 0.3) is 0 Å². The van der Waals surface area contributed by atoms with Crippen molar-refractivity contribution in [3.63, 3.8) is 0 Å². The lowest BCUT2D eigenvalue weighted by atomic mass is 10.2. The molecule has 1 saturated heterocycles. The van der Waals surface area contributed by atoms with Crippen LogP contribution in [-0.4, -0.2) is 60.3 Å². The number of thiazole rings is 1. The molecule has 3 rings (SSSR count). The fourth-order valence-electron chi connectivity index (χ4n) is 2.40. The third kappa shape index (κ3) is 3.56. The average molecular weight is 301 g/mol. The van der Waals surface area contributed by atoms with Crippen molar-refractivity contribution in [3.8, 4) is 10.6 Å². The molecule has 21 heavy (non-hydrogen) atoms. The second-order valence-corrected chi connectivity index (χ2v) is 6.43. The SMILES string of the molecule is CN1CCN(CC(=O)c2cnc(-c3ccccc3)s2)CC1. The Morgan fingerprint density at radius 1 is 1.19 bits per heavy atom. The summed E-state index contributed by atoms with van der Waals surface area (Å²) in [7, 11) is 2.12. The highest BCUT2D eigenvalue weighted by atomic mass is 32.1. The molecule has 1 aromatic carbocycles. The Kier molecular flexibility index (Phi) is 4.43. The molecule has 110 valence electrons. The molecule has 0 radical (unpaired) electrons. The Balaban J connectivity index is 1.64.